The van der Waals surface area contributed by atoms with Gasteiger partial charge >= 0.3 is 0 Å². The molecule has 168 valence electrons. The minimum Gasteiger partial charge on any atom is -0.379 e. The van der Waals surface area contributed by atoms with Gasteiger partial charge in [0.05, 0.1) is 23.9 Å². The quantitative estimate of drug-likeness (QED) is 0.484. The number of carbonyl (C=O) groups excluding carboxylic acids is 1. The van der Waals surface area contributed by atoms with E-state index in [4.69, 9.17) is 4.74 Å². The highest BCUT2D eigenvalue weighted by atomic mass is 32.2. The molecule has 1 aromatic heterocycles. The lowest BCUT2D eigenvalue weighted by atomic mass is 10.2. The fourth-order valence-corrected chi connectivity index (χ4v) is 5.48. The lowest BCUT2D eigenvalue weighted by Gasteiger charge is -2.26. The summed E-state index contributed by atoms with van der Waals surface area (Å²) in [4.78, 5) is 11.6. The van der Waals surface area contributed by atoms with E-state index in [2.05, 4.69) is 10.2 Å². The number of nitrogens with zero attached hydrogens (tertiary/aromatic N) is 4. The standard InChI is InChI=1S/C21H21FN4O4S2/c1-15(27)14-31-21-24-23-20(26(21)18-7-5-17(22)6-8-18)16-3-2-4-19(13-16)32(28,29)25-9-11-30-12-10-25/h2-8,13H,9-12,14H2,1H3. The number of aromatic nitrogens is 3. The third-order valence-electron chi connectivity index (χ3n) is 4.82. The zero-order chi connectivity index (χ0) is 22.7. The molecule has 1 saturated heterocycles. The molecule has 11 heteroatoms. The number of hydrogen-bond donors (Lipinski definition) is 0. The van der Waals surface area contributed by atoms with Gasteiger partial charge in [-0.1, -0.05) is 23.9 Å². The molecular weight excluding hydrogens is 455 g/mol. The number of morpholine rings is 1. The van der Waals surface area contributed by atoms with Crippen LogP contribution in [-0.2, 0) is 19.6 Å². The Kier molecular flexibility index (Phi) is 6.70. The SMILES string of the molecule is CC(=O)CSc1nnc(-c2cccc(S(=O)(=O)N3CCOCC3)c2)n1-c1ccc(F)cc1. The molecule has 0 radical (unpaired) electrons. The number of halogens is 1. The molecule has 0 aliphatic carbocycles. The first-order chi connectivity index (χ1) is 15.4. The molecule has 0 saturated carbocycles. The molecule has 1 aliphatic rings. The number of ether oxygens (including phenoxy) is 1. The van der Waals surface area contributed by atoms with E-state index in [1.54, 1.807) is 34.9 Å². The highest BCUT2D eigenvalue weighted by Gasteiger charge is 2.27. The van der Waals surface area contributed by atoms with Crippen LogP contribution < -0.4 is 0 Å². The second-order valence-electron chi connectivity index (χ2n) is 7.15. The first-order valence-electron chi connectivity index (χ1n) is 9.88. The van der Waals surface area contributed by atoms with E-state index in [9.17, 15) is 17.6 Å². The Hall–Kier alpha value is -2.60. The molecule has 2 heterocycles. The second kappa shape index (κ2) is 9.49. The lowest BCUT2D eigenvalue weighted by molar-refractivity contribution is -0.114. The van der Waals surface area contributed by atoms with Gasteiger partial charge in [0.1, 0.15) is 11.6 Å². The molecule has 8 nitrogen and oxygen atoms in total. The minimum absolute atomic E-state index is 0.0243. The molecule has 0 unspecified atom stereocenters. The van der Waals surface area contributed by atoms with Gasteiger partial charge in [-0.3, -0.25) is 9.36 Å². The van der Waals surface area contributed by atoms with Gasteiger partial charge < -0.3 is 4.74 Å². The molecule has 1 aliphatic heterocycles. The van der Waals surface area contributed by atoms with Crippen LogP contribution in [0.15, 0.2) is 58.6 Å². The van der Waals surface area contributed by atoms with Crippen molar-refractivity contribution in [3.05, 3.63) is 54.3 Å². The normalized spacial score (nSPS) is 15.1. The summed E-state index contributed by atoms with van der Waals surface area (Å²) in [5.74, 6) is 0.176. The van der Waals surface area contributed by atoms with Crippen LogP contribution in [0.5, 0.6) is 0 Å². The van der Waals surface area contributed by atoms with Gasteiger partial charge in [0.15, 0.2) is 11.0 Å². The number of rotatable bonds is 7. The number of benzene rings is 2. The Labute approximate surface area is 189 Å². The summed E-state index contributed by atoms with van der Waals surface area (Å²) in [7, 11) is -3.69. The minimum atomic E-state index is -3.69. The van der Waals surface area contributed by atoms with E-state index >= 15 is 0 Å². The fraction of sp³-hybridized carbons (Fsp3) is 0.286. The fourth-order valence-electron chi connectivity index (χ4n) is 3.27. The van der Waals surface area contributed by atoms with Crippen LogP contribution in [0.2, 0.25) is 0 Å². The predicted molar refractivity (Wildman–Crippen MR) is 118 cm³/mol. The van der Waals surface area contributed by atoms with Gasteiger partial charge in [-0.05, 0) is 43.3 Å². The predicted octanol–water partition coefficient (Wildman–Crippen LogP) is 2.78. The molecule has 0 atom stereocenters. The summed E-state index contributed by atoms with van der Waals surface area (Å²) in [6, 6.07) is 12.3. The number of thioether (sulfide) groups is 1. The van der Waals surface area contributed by atoms with Crippen molar-refractivity contribution >= 4 is 27.6 Å². The van der Waals surface area contributed by atoms with Crippen molar-refractivity contribution in [3.8, 4) is 17.1 Å². The third-order valence-corrected chi connectivity index (χ3v) is 7.79. The van der Waals surface area contributed by atoms with Crippen LogP contribution in [0.3, 0.4) is 0 Å². The molecule has 1 fully saturated rings. The van der Waals surface area contributed by atoms with Gasteiger partial charge in [0.25, 0.3) is 0 Å². The summed E-state index contributed by atoms with van der Waals surface area (Å²) >= 11 is 1.21. The highest BCUT2D eigenvalue weighted by molar-refractivity contribution is 7.99. The maximum absolute atomic E-state index is 13.5. The van der Waals surface area contributed by atoms with Crippen molar-refractivity contribution in [3.63, 3.8) is 0 Å². The van der Waals surface area contributed by atoms with Gasteiger partial charge in [-0.25, -0.2) is 12.8 Å². The number of Topliss-reactive ketones (excluding diaryl/α,β-unsaturated/α-hetero) is 1. The van der Waals surface area contributed by atoms with E-state index in [1.165, 1.54) is 41.2 Å². The number of ketones is 1. The van der Waals surface area contributed by atoms with Crippen molar-refractivity contribution in [1.29, 1.82) is 0 Å². The van der Waals surface area contributed by atoms with Crippen molar-refractivity contribution < 1.29 is 22.3 Å². The van der Waals surface area contributed by atoms with Gasteiger partial charge in [-0.2, -0.15) is 4.31 Å². The van der Waals surface area contributed by atoms with Crippen molar-refractivity contribution in [2.45, 2.75) is 17.0 Å². The van der Waals surface area contributed by atoms with E-state index in [-0.39, 0.29) is 22.2 Å². The van der Waals surface area contributed by atoms with Gasteiger partial charge in [0.2, 0.25) is 10.0 Å². The molecule has 2 aromatic carbocycles. The first kappa shape index (κ1) is 22.6. The largest absolute Gasteiger partial charge is 0.379 e. The lowest BCUT2D eigenvalue weighted by Crippen LogP contribution is -2.40. The molecule has 0 amide bonds. The molecule has 32 heavy (non-hydrogen) atoms. The van der Waals surface area contributed by atoms with Crippen molar-refractivity contribution in [2.24, 2.45) is 0 Å². The van der Waals surface area contributed by atoms with Crippen LogP contribution >= 0.6 is 11.8 Å². The van der Waals surface area contributed by atoms with Gasteiger partial charge in [0, 0.05) is 24.3 Å². The van der Waals surface area contributed by atoms with E-state index in [0.717, 1.165) is 0 Å². The van der Waals surface area contributed by atoms with Crippen LogP contribution in [0, 0.1) is 5.82 Å². The molecule has 0 N–H and O–H groups in total. The Morgan fingerprint density at radius 3 is 2.53 bits per heavy atom. The first-order valence-corrected chi connectivity index (χ1v) is 12.3. The van der Waals surface area contributed by atoms with Crippen molar-refractivity contribution in [2.75, 3.05) is 32.1 Å². The zero-order valence-corrected chi connectivity index (χ0v) is 18.9. The average Bonchev–Trinajstić information content (AvgIpc) is 3.23. The molecule has 0 spiro atoms. The summed E-state index contributed by atoms with van der Waals surface area (Å²) in [5, 5.41) is 8.90. The van der Waals surface area contributed by atoms with Crippen LogP contribution in [0.4, 0.5) is 4.39 Å². The van der Waals surface area contributed by atoms with E-state index in [1.807, 2.05) is 0 Å². The van der Waals surface area contributed by atoms with Crippen LogP contribution in [0.1, 0.15) is 6.92 Å². The summed E-state index contributed by atoms with van der Waals surface area (Å²) in [6.07, 6.45) is 0. The Balaban J connectivity index is 1.77. The summed E-state index contributed by atoms with van der Waals surface area (Å²) in [5.41, 5.74) is 1.13. The second-order valence-corrected chi connectivity index (χ2v) is 10.0. The monoisotopic (exact) mass is 476 g/mol. The molecular formula is C21H21FN4O4S2. The van der Waals surface area contributed by atoms with Crippen LogP contribution in [0.25, 0.3) is 17.1 Å². The molecule has 4 rings (SSSR count). The van der Waals surface area contributed by atoms with Crippen LogP contribution in [-0.4, -0.2) is 65.3 Å². The van der Waals surface area contributed by atoms with E-state index in [0.29, 0.717) is 48.5 Å². The maximum Gasteiger partial charge on any atom is 0.243 e. The smallest absolute Gasteiger partial charge is 0.243 e. The Bertz CT molecular complexity index is 1220. The topological polar surface area (TPSA) is 94.4 Å². The number of sulfonamides is 1. The average molecular weight is 477 g/mol. The number of carbonyl (C=O) groups is 1. The summed E-state index contributed by atoms with van der Waals surface area (Å²) < 4.78 is 48.0. The summed E-state index contributed by atoms with van der Waals surface area (Å²) in [6.45, 7) is 2.78. The van der Waals surface area contributed by atoms with E-state index < -0.39 is 10.0 Å². The van der Waals surface area contributed by atoms with Crippen molar-refractivity contribution in [1.82, 2.24) is 19.1 Å². The van der Waals surface area contributed by atoms with Gasteiger partial charge in [-0.15, -0.1) is 10.2 Å². The maximum atomic E-state index is 13.5. The zero-order valence-electron chi connectivity index (χ0n) is 17.3. The molecule has 0 bridgehead atoms. The highest BCUT2D eigenvalue weighted by Crippen LogP contribution is 2.30. The third kappa shape index (κ3) is 4.75. The Morgan fingerprint density at radius 2 is 1.84 bits per heavy atom. The number of hydrogen-bond acceptors (Lipinski definition) is 7. The Morgan fingerprint density at radius 1 is 1.12 bits per heavy atom. The molecule has 3 aromatic rings.